The molecule has 0 saturated heterocycles. The summed E-state index contributed by atoms with van der Waals surface area (Å²) >= 11 is 0. The number of benzene rings is 1. The summed E-state index contributed by atoms with van der Waals surface area (Å²) in [7, 11) is 0. The number of ether oxygens (including phenoxy) is 2. The second kappa shape index (κ2) is 6.27. The quantitative estimate of drug-likeness (QED) is 0.790. The van der Waals surface area contributed by atoms with Gasteiger partial charge in [0.05, 0.1) is 17.5 Å². The molecule has 0 aliphatic carbocycles. The van der Waals surface area contributed by atoms with Gasteiger partial charge in [-0.1, -0.05) is 12.1 Å². The first-order chi connectivity index (χ1) is 12.2. The molecule has 3 aromatic rings. The summed E-state index contributed by atoms with van der Waals surface area (Å²) in [6, 6.07) is 11.2. The van der Waals surface area contributed by atoms with Crippen LogP contribution < -0.4 is 14.8 Å². The normalized spacial score (nSPS) is 12.2. The summed E-state index contributed by atoms with van der Waals surface area (Å²) in [5.74, 6) is 1.92. The summed E-state index contributed by atoms with van der Waals surface area (Å²) in [5.41, 5.74) is 2.20. The van der Waals surface area contributed by atoms with Gasteiger partial charge in [0, 0.05) is 12.7 Å². The minimum atomic E-state index is -0.183. The van der Waals surface area contributed by atoms with Crippen molar-refractivity contribution in [1.82, 2.24) is 20.1 Å². The number of fused-ring (bicyclic) bond motifs is 1. The summed E-state index contributed by atoms with van der Waals surface area (Å²) in [6.45, 7) is 2.47. The number of hydrogen-bond donors (Lipinski definition) is 1. The van der Waals surface area contributed by atoms with E-state index in [1.165, 1.54) is 0 Å². The molecule has 1 aliphatic heterocycles. The molecule has 7 heteroatoms. The maximum atomic E-state index is 12.5. The highest BCUT2D eigenvalue weighted by atomic mass is 16.7. The van der Waals surface area contributed by atoms with E-state index in [2.05, 4.69) is 15.4 Å². The molecule has 1 aliphatic rings. The summed E-state index contributed by atoms with van der Waals surface area (Å²) in [6.07, 6.45) is 3.24. The zero-order chi connectivity index (χ0) is 17.2. The Hall–Kier alpha value is -3.35. The highest BCUT2D eigenvalue weighted by molar-refractivity contribution is 5.95. The average Bonchev–Trinajstić information content (AvgIpc) is 3.26. The van der Waals surface area contributed by atoms with E-state index in [1.807, 2.05) is 43.3 Å². The number of hydrogen-bond acceptors (Lipinski definition) is 5. The van der Waals surface area contributed by atoms with Crippen LogP contribution in [-0.2, 0) is 6.54 Å². The minimum Gasteiger partial charge on any atom is -0.454 e. The molecule has 1 aromatic carbocycles. The number of pyridine rings is 1. The van der Waals surface area contributed by atoms with E-state index in [9.17, 15) is 4.79 Å². The van der Waals surface area contributed by atoms with Crippen molar-refractivity contribution in [3.8, 4) is 17.3 Å². The van der Waals surface area contributed by atoms with E-state index in [0.717, 1.165) is 17.0 Å². The second-order valence-corrected chi connectivity index (χ2v) is 5.61. The molecular formula is C18H16N4O3. The summed E-state index contributed by atoms with van der Waals surface area (Å²) in [4.78, 5) is 16.7. The Labute approximate surface area is 144 Å². The molecule has 25 heavy (non-hydrogen) atoms. The lowest BCUT2D eigenvalue weighted by Crippen LogP contribution is -2.23. The Balaban J connectivity index is 1.48. The number of carbonyl (C=O) groups is 1. The van der Waals surface area contributed by atoms with Gasteiger partial charge in [0.15, 0.2) is 17.3 Å². The maximum absolute atomic E-state index is 12.5. The SMILES string of the molecule is Cc1c(C(=O)NCc2ccc3c(c2)OCO3)cnn1-c1ccccn1. The fourth-order valence-electron chi connectivity index (χ4n) is 2.67. The zero-order valence-electron chi connectivity index (χ0n) is 13.6. The summed E-state index contributed by atoms with van der Waals surface area (Å²) in [5, 5.41) is 7.17. The van der Waals surface area contributed by atoms with Gasteiger partial charge >= 0.3 is 0 Å². The number of carbonyl (C=O) groups excluding carboxylic acids is 1. The molecule has 3 heterocycles. The molecule has 0 atom stereocenters. The van der Waals surface area contributed by atoms with Gasteiger partial charge < -0.3 is 14.8 Å². The minimum absolute atomic E-state index is 0.183. The lowest BCUT2D eigenvalue weighted by molar-refractivity contribution is 0.0950. The van der Waals surface area contributed by atoms with Crippen LogP contribution in [0.4, 0.5) is 0 Å². The predicted octanol–water partition coefficient (Wildman–Crippen LogP) is 2.23. The third kappa shape index (κ3) is 2.91. The van der Waals surface area contributed by atoms with Gasteiger partial charge in [-0.2, -0.15) is 5.10 Å². The van der Waals surface area contributed by atoms with E-state index in [4.69, 9.17) is 9.47 Å². The molecule has 126 valence electrons. The van der Waals surface area contributed by atoms with Gasteiger partial charge in [-0.25, -0.2) is 9.67 Å². The van der Waals surface area contributed by atoms with E-state index in [-0.39, 0.29) is 12.7 Å². The Morgan fingerprint density at radius 3 is 2.96 bits per heavy atom. The lowest BCUT2D eigenvalue weighted by Gasteiger charge is -2.07. The first-order valence-corrected chi connectivity index (χ1v) is 7.85. The monoisotopic (exact) mass is 336 g/mol. The molecule has 0 spiro atoms. The number of rotatable bonds is 4. The smallest absolute Gasteiger partial charge is 0.255 e. The van der Waals surface area contributed by atoms with Crippen molar-refractivity contribution >= 4 is 5.91 Å². The maximum Gasteiger partial charge on any atom is 0.255 e. The largest absolute Gasteiger partial charge is 0.454 e. The van der Waals surface area contributed by atoms with E-state index >= 15 is 0 Å². The van der Waals surface area contributed by atoms with Crippen molar-refractivity contribution in [3.05, 3.63) is 65.6 Å². The molecule has 0 saturated carbocycles. The predicted molar refractivity (Wildman–Crippen MR) is 89.8 cm³/mol. The van der Waals surface area contributed by atoms with Crippen LogP contribution in [0.25, 0.3) is 5.82 Å². The van der Waals surface area contributed by atoms with Gasteiger partial charge in [0.2, 0.25) is 6.79 Å². The van der Waals surface area contributed by atoms with Crippen LogP contribution in [0.1, 0.15) is 21.6 Å². The van der Waals surface area contributed by atoms with Crippen molar-refractivity contribution in [2.75, 3.05) is 6.79 Å². The zero-order valence-corrected chi connectivity index (χ0v) is 13.6. The van der Waals surface area contributed by atoms with Crippen LogP contribution in [0.2, 0.25) is 0 Å². The van der Waals surface area contributed by atoms with Crippen LogP contribution in [0.5, 0.6) is 11.5 Å². The lowest BCUT2D eigenvalue weighted by atomic mass is 10.2. The highest BCUT2D eigenvalue weighted by Crippen LogP contribution is 2.32. The van der Waals surface area contributed by atoms with Gasteiger partial charge in [-0.3, -0.25) is 4.79 Å². The third-order valence-corrected chi connectivity index (χ3v) is 4.01. The van der Waals surface area contributed by atoms with Gasteiger partial charge in [-0.15, -0.1) is 0 Å². The van der Waals surface area contributed by atoms with Crippen LogP contribution in [0.15, 0.2) is 48.8 Å². The molecular weight excluding hydrogens is 320 g/mol. The third-order valence-electron chi connectivity index (χ3n) is 4.01. The highest BCUT2D eigenvalue weighted by Gasteiger charge is 2.17. The molecule has 0 radical (unpaired) electrons. The number of amides is 1. The van der Waals surface area contributed by atoms with Crippen LogP contribution >= 0.6 is 0 Å². The topological polar surface area (TPSA) is 78.3 Å². The first kappa shape index (κ1) is 15.2. The van der Waals surface area contributed by atoms with Crippen molar-refractivity contribution in [3.63, 3.8) is 0 Å². The first-order valence-electron chi connectivity index (χ1n) is 7.85. The fraction of sp³-hybridized carbons (Fsp3) is 0.167. The van der Waals surface area contributed by atoms with Crippen molar-refractivity contribution < 1.29 is 14.3 Å². The molecule has 0 fully saturated rings. The fourth-order valence-corrected chi connectivity index (χ4v) is 2.67. The van der Waals surface area contributed by atoms with Crippen molar-refractivity contribution in [1.29, 1.82) is 0 Å². The number of nitrogens with one attached hydrogen (secondary N) is 1. The standard InChI is InChI=1S/C18H16N4O3/c1-12-14(10-21-22(12)17-4-2-3-7-19-17)18(23)20-9-13-5-6-15-16(8-13)25-11-24-15/h2-8,10H,9,11H2,1H3,(H,20,23). The number of aromatic nitrogens is 3. The van der Waals surface area contributed by atoms with Gasteiger partial charge in [-0.05, 0) is 36.8 Å². The summed E-state index contributed by atoms with van der Waals surface area (Å²) < 4.78 is 12.3. The molecule has 7 nitrogen and oxygen atoms in total. The molecule has 0 unspecified atom stereocenters. The van der Waals surface area contributed by atoms with E-state index in [0.29, 0.717) is 23.7 Å². The van der Waals surface area contributed by atoms with Gasteiger partial charge in [0.1, 0.15) is 0 Å². The Morgan fingerprint density at radius 2 is 2.12 bits per heavy atom. The van der Waals surface area contributed by atoms with Crippen molar-refractivity contribution in [2.24, 2.45) is 0 Å². The van der Waals surface area contributed by atoms with Crippen molar-refractivity contribution in [2.45, 2.75) is 13.5 Å². The Kier molecular flexibility index (Phi) is 3.81. The second-order valence-electron chi connectivity index (χ2n) is 5.61. The molecule has 1 amide bonds. The molecule has 1 N–H and O–H groups in total. The Bertz CT molecular complexity index is 921. The van der Waals surface area contributed by atoms with Gasteiger partial charge in [0.25, 0.3) is 5.91 Å². The van der Waals surface area contributed by atoms with E-state index < -0.39 is 0 Å². The molecule has 2 aromatic heterocycles. The van der Waals surface area contributed by atoms with Crippen LogP contribution in [0, 0.1) is 6.92 Å². The molecule has 0 bridgehead atoms. The Morgan fingerprint density at radius 1 is 1.24 bits per heavy atom. The van der Waals surface area contributed by atoms with Crippen LogP contribution in [-0.4, -0.2) is 27.5 Å². The van der Waals surface area contributed by atoms with E-state index in [1.54, 1.807) is 17.1 Å². The number of nitrogens with zero attached hydrogens (tertiary/aromatic N) is 3. The molecule has 4 rings (SSSR count). The van der Waals surface area contributed by atoms with Crippen LogP contribution in [0.3, 0.4) is 0 Å². The average molecular weight is 336 g/mol.